The molecule has 0 aliphatic carbocycles. The third kappa shape index (κ3) is 6.52. The molecule has 0 unspecified atom stereocenters. The summed E-state index contributed by atoms with van der Waals surface area (Å²) >= 11 is 0. The Morgan fingerprint density at radius 2 is 1.55 bits per heavy atom. The number of esters is 1. The summed E-state index contributed by atoms with van der Waals surface area (Å²) in [6.45, 7) is 3.83. The molecular formula is C26H27NO4. The minimum absolute atomic E-state index is 0.0115. The van der Waals surface area contributed by atoms with Crippen LogP contribution < -0.4 is 10.1 Å². The van der Waals surface area contributed by atoms with Gasteiger partial charge in [0.2, 0.25) is 5.91 Å². The van der Waals surface area contributed by atoms with Gasteiger partial charge in [0.15, 0.2) is 0 Å². The molecule has 0 fully saturated rings. The maximum atomic E-state index is 12.2. The van der Waals surface area contributed by atoms with E-state index < -0.39 is 5.97 Å². The highest BCUT2D eigenvalue weighted by Crippen LogP contribution is 2.31. The Bertz CT molecular complexity index is 1040. The molecule has 0 aliphatic heterocycles. The van der Waals surface area contributed by atoms with Gasteiger partial charge in [-0.25, -0.2) is 0 Å². The molecule has 3 rings (SSSR count). The molecule has 3 aromatic carbocycles. The molecule has 0 atom stereocenters. The van der Waals surface area contributed by atoms with Gasteiger partial charge in [-0.1, -0.05) is 60.2 Å². The number of amides is 1. The van der Waals surface area contributed by atoms with Crippen LogP contribution in [0.2, 0.25) is 0 Å². The Hall–Kier alpha value is -3.44. The van der Waals surface area contributed by atoms with Gasteiger partial charge in [0.25, 0.3) is 0 Å². The second-order valence-corrected chi connectivity index (χ2v) is 7.54. The summed E-state index contributed by atoms with van der Waals surface area (Å²) < 4.78 is 5.30. The van der Waals surface area contributed by atoms with E-state index in [0.717, 1.165) is 27.8 Å². The minimum Gasteiger partial charge on any atom is -0.426 e. The average molecular weight is 418 g/mol. The lowest BCUT2D eigenvalue weighted by Crippen LogP contribution is -2.22. The zero-order valence-electron chi connectivity index (χ0n) is 17.9. The van der Waals surface area contributed by atoms with Crippen molar-refractivity contribution in [1.29, 1.82) is 0 Å². The Morgan fingerprint density at radius 1 is 0.903 bits per heavy atom. The quantitative estimate of drug-likeness (QED) is 0.423. The number of benzene rings is 3. The molecule has 0 spiro atoms. The van der Waals surface area contributed by atoms with E-state index in [2.05, 4.69) is 5.32 Å². The topological polar surface area (TPSA) is 75.6 Å². The van der Waals surface area contributed by atoms with E-state index in [1.807, 2.05) is 61.5 Å². The molecular weight excluding hydrogens is 390 g/mol. The van der Waals surface area contributed by atoms with Gasteiger partial charge < -0.3 is 15.2 Å². The summed E-state index contributed by atoms with van der Waals surface area (Å²) in [5, 5.41) is 12.4. The number of rotatable bonds is 8. The monoisotopic (exact) mass is 417 g/mol. The highest BCUT2D eigenvalue weighted by Gasteiger charge is 2.10. The van der Waals surface area contributed by atoms with Gasteiger partial charge in [0.05, 0.1) is 6.61 Å². The highest BCUT2D eigenvalue weighted by molar-refractivity contribution is 5.78. The summed E-state index contributed by atoms with van der Waals surface area (Å²) in [6.07, 6.45) is 1.04. The maximum Gasteiger partial charge on any atom is 0.308 e. The predicted molar refractivity (Wildman–Crippen MR) is 120 cm³/mol. The van der Waals surface area contributed by atoms with Crippen molar-refractivity contribution in [1.82, 2.24) is 5.32 Å². The van der Waals surface area contributed by atoms with Gasteiger partial charge in [-0.05, 0) is 47.7 Å². The molecule has 5 heteroatoms. The molecule has 0 radical (unpaired) electrons. The number of carbonyl (C=O) groups excluding carboxylic acids is 2. The summed E-state index contributed by atoms with van der Waals surface area (Å²) in [5.74, 6) is 0.0663. The molecule has 0 saturated heterocycles. The molecule has 0 saturated carbocycles. The molecule has 5 nitrogen and oxygen atoms in total. The molecule has 0 aromatic heterocycles. The van der Waals surface area contributed by atoms with Crippen LogP contribution in [0.5, 0.6) is 5.75 Å². The van der Waals surface area contributed by atoms with E-state index in [1.54, 1.807) is 12.1 Å². The lowest BCUT2D eigenvalue weighted by Gasteiger charge is -2.12. The second kappa shape index (κ2) is 10.5. The van der Waals surface area contributed by atoms with Gasteiger partial charge in [-0.2, -0.15) is 0 Å². The van der Waals surface area contributed by atoms with Crippen molar-refractivity contribution < 1.29 is 19.4 Å². The molecule has 0 aliphatic rings. The fourth-order valence-electron chi connectivity index (χ4n) is 3.25. The van der Waals surface area contributed by atoms with Crippen molar-refractivity contribution in [2.45, 2.75) is 39.8 Å². The van der Waals surface area contributed by atoms with Crippen LogP contribution in [-0.2, 0) is 29.2 Å². The number of hydrogen-bond acceptors (Lipinski definition) is 4. The lowest BCUT2D eigenvalue weighted by molar-refractivity contribution is -0.131. The summed E-state index contributed by atoms with van der Waals surface area (Å²) in [7, 11) is 0. The van der Waals surface area contributed by atoms with Crippen LogP contribution in [0.1, 0.15) is 35.6 Å². The van der Waals surface area contributed by atoms with Crippen LogP contribution in [0.3, 0.4) is 0 Å². The number of aryl methyl sites for hydroxylation is 2. The summed E-state index contributed by atoms with van der Waals surface area (Å²) in [6, 6.07) is 21.1. The zero-order chi connectivity index (χ0) is 22.2. The van der Waals surface area contributed by atoms with Crippen molar-refractivity contribution in [2.24, 2.45) is 0 Å². The van der Waals surface area contributed by atoms with Crippen molar-refractivity contribution in [3.05, 3.63) is 89.0 Å². The van der Waals surface area contributed by atoms with Crippen molar-refractivity contribution in [3.63, 3.8) is 0 Å². The third-order valence-corrected chi connectivity index (χ3v) is 5.00. The van der Waals surface area contributed by atoms with E-state index in [0.29, 0.717) is 25.1 Å². The lowest BCUT2D eigenvalue weighted by atomic mass is 9.99. The predicted octanol–water partition coefficient (Wildman–Crippen LogP) is 4.33. The Kier molecular flexibility index (Phi) is 7.57. The normalized spacial score (nSPS) is 10.5. The van der Waals surface area contributed by atoms with Crippen molar-refractivity contribution in [2.75, 3.05) is 0 Å². The van der Waals surface area contributed by atoms with E-state index in [4.69, 9.17) is 4.74 Å². The average Bonchev–Trinajstić information content (AvgIpc) is 2.77. The first-order chi connectivity index (χ1) is 14.9. The standard InChI is InChI=1S/C26H27NO4/c1-18-3-5-21(6-4-18)16-27-26(30)14-10-20-7-11-23(12-8-20)24-15-22(17-28)9-13-25(24)31-19(2)29/h3-9,11-13,15,28H,10,14,16-17H2,1-2H3,(H,27,30). The van der Waals surface area contributed by atoms with E-state index in [9.17, 15) is 14.7 Å². The molecule has 160 valence electrons. The first kappa shape index (κ1) is 22.2. The highest BCUT2D eigenvalue weighted by atomic mass is 16.5. The Labute approximate surface area is 182 Å². The Morgan fingerprint density at radius 3 is 2.19 bits per heavy atom. The molecule has 0 heterocycles. The van der Waals surface area contributed by atoms with Gasteiger partial charge in [-0.3, -0.25) is 9.59 Å². The molecule has 31 heavy (non-hydrogen) atoms. The van der Waals surface area contributed by atoms with E-state index in [-0.39, 0.29) is 12.5 Å². The summed E-state index contributed by atoms with van der Waals surface area (Å²) in [4.78, 5) is 23.6. The number of aliphatic hydroxyl groups excluding tert-OH is 1. The number of nitrogens with one attached hydrogen (secondary N) is 1. The van der Waals surface area contributed by atoms with Crippen LogP contribution in [0.25, 0.3) is 11.1 Å². The van der Waals surface area contributed by atoms with Gasteiger partial charge >= 0.3 is 5.97 Å². The van der Waals surface area contributed by atoms with Crippen LogP contribution in [0.15, 0.2) is 66.7 Å². The fraction of sp³-hybridized carbons (Fsp3) is 0.231. The van der Waals surface area contributed by atoms with Crippen molar-refractivity contribution in [3.8, 4) is 16.9 Å². The fourth-order valence-corrected chi connectivity index (χ4v) is 3.25. The van der Waals surface area contributed by atoms with Crippen molar-refractivity contribution >= 4 is 11.9 Å². The summed E-state index contributed by atoms with van der Waals surface area (Å²) in [5.41, 5.74) is 5.67. The van der Waals surface area contributed by atoms with Gasteiger partial charge in [0.1, 0.15) is 5.75 Å². The van der Waals surface area contributed by atoms with Gasteiger partial charge in [-0.15, -0.1) is 0 Å². The van der Waals surface area contributed by atoms with E-state index >= 15 is 0 Å². The van der Waals surface area contributed by atoms with E-state index in [1.165, 1.54) is 12.5 Å². The zero-order valence-corrected chi connectivity index (χ0v) is 17.9. The number of carbonyl (C=O) groups is 2. The number of ether oxygens (including phenoxy) is 1. The second-order valence-electron chi connectivity index (χ2n) is 7.54. The maximum absolute atomic E-state index is 12.2. The minimum atomic E-state index is -0.397. The largest absolute Gasteiger partial charge is 0.426 e. The van der Waals surface area contributed by atoms with Gasteiger partial charge in [0, 0.05) is 25.5 Å². The number of aliphatic hydroxyl groups is 1. The third-order valence-electron chi connectivity index (χ3n) is 5.00. The molecule has 0 bridgehead atoms. The SMILES string of the molecule is CC(=O)Oc1ccc(CO)cc1-c1ccc(CCC(=O)NCc2ccc(C)cc2)cc1. The van der Waals surface area contributed by atoms with Crippen LogP contribution >= 0.6 is 0 Å². The molecule has 3 aromatic rings. The Balaban J connectivity index is 1.60. The molecule has 2 N–H and O–H groups in total. The smallest absolute Gasteiger partial charge is 0.308 e. The van der Waals surface area contributed by atoms with Crippen LogP contribution in [0.4, 0.5) is 0 Å². The first-order valence-corrected chi connectivity index (χ1v) is 10.3. The number of hydrogen-bond donors (Lipinski definition) is 2. The molecule has 1 amide bonds. The first-order valence-electron chi connectivity index (χ1n) is 10.3. The van der Waals surface area contributed by atoms with Crippen LogP contribution in [-0.4, -0.2) is 17.0 Å². The van der Waals surface area contributed by atoms with Crippen LogP contribution in [0, 0.1) is 6.92 Å².